The van der Waals surface area contributed by atoms with Crippen molar-refractivity contribution in [3.05, 3.63) is 17.5 Å². The summed E-state index contributed by atoms with van der Waals surface area (Å²) in [6.07, 6.45) is 1.37. The van der Waals surface area contributed by atoms with Crippen LogP contribution < -0.4 is 5.43 Å². The predicted octanol–water partition coefficient (Wildman–Crippen LogP) is -0.545. The summed E-state index contributed by atoms with van der Waals surface area (Å²) in [4.78, 5) is 11.0. The molecule has 1 aromatic heterocycles. The van der Waals surface area contributed by atoms with Crippen LogP contribution in [-0.4, -0.2) is 52.2 Å². The van der Waals surface area contributed by atoms with Gasteiger partial charge in [-0.2, -0.15) is 5.10 Å². The molecule has 17 heavy (non-hydrogen) atoms. The number of hydrogen-bond acceptors (Lipinski definition) is 5. The smallest absolute Gasteiger partial charge is 0.339 e. The van der Waals surface area contributed by atoms with E-state index in [2.05, 4.69) is 10.5 Å². The second-order valence-electron chi connectivity index (χ2n) is 3.87. The van der Waals surface area contributed by atoms with Crippen molar-refractivity contribution in [2.75, 3.05) is 26.3 Å². The number of aryl methyl sites for hydroxylation is 1. The minimum Gasteiger partial charge on any atom is -0.478 e. The van der Waals surface area contributed by atoms with E-state index in [0.717, 1.165) is 13.1 Å². The maximum absolute atomic E-state index is 11.0. The molecule has 0 atom stereocenters. The third-order valence-electron chi connectivity index (χ3n) is 2.77. The van der Waals surface area contributed by atoms with Gasteiger partial charge in [0.15, 0.2) is 0 Å². The number of aromatic carboxylic acids is 1. The number of hydrogen-bond donors (Lipinski definition) is 2. The number of rotatable bonds is 4. The van der Waals surface area contributed by atoms with E-state index in [9.17, 15) is 4.79 Å². The molecule has 0 radical (unpaired) electrons. The molecule has 94 valence electrons. The molecule has 0 saturated carbocycles. The summed E-state index contributed by atoms with van der Waals surface area (Å²) in [6, 6.07) is 0. The fourth-order valence-corrected chi connectivity index (χ4v) is 1.76. The molecule has 0 amide bonds. The van der Waals surface area contributed by atoms with Gasteiger partial charge in [0.05, 0.1) is 31.6 Å². The van der Waals surface area contributed by atoms with Crippen molar-refractivity contribution in [2.24, 2.45) is 7.05 Å². The fraction of sp³-hybridized carbons (Fsp3) is 0.600. The quantitative estimate of drug-likeness (QED) is 0.735. The van der Waals surface area contributed by atoms with Crippen molar-refractivity contribution in [3.8, 4) is 0 Å². The molecule has 0 unspecified atom stereocenters. The Kier molecular flexibility index (Phi) is 3.72. The van der Waals surface area contributed by atoms with Crippen LogP contribution in [0.25, 0.3) is 0 Å². The van der Waals surface area contributed by atoms with Gasteiger partial charge in [-0.05, 0) is 0 Å². The van der Waals surface area contributed by atoms with Crippen LogP contribution in [0.4, 0.5) is 0 Å². The number of nitrogens with zero attached hydrogens (tertiary/aromatic N) is 3. The molecule has 0 aromatic carbocycles. The number of ether oxygens (including phenoxy) is 1. The minimum atomic E-state index is -0.947. The summed E-state index contributed by atoms with van der Waals surface area (Å²) in [5.41, 5.74) is 4.10. The highest BCUT2D eigenvalue weighted by atomic mass is 16.5. The van der Waals surface area contributed by atoms with Gasteiger partial charge in [-0.25, -0.2) is 15.2 Å². The first-order valence-corrected chi connectivity index (χ1v) is 5.49. The molecule has 1 fully saturated rings. The zero-order valence-electron chi connectivity index (χ0n) is 9.72. The molecule has 1 aliphatic heterocycles. The van der Waals surface area contributed by atoms with Gasteiger partial charge in [0.25, 0.3) is 0 Å². The lowest BCUT2D eigenvalue weighted by Gasteiger charge is -2.27. The Morgan fingerprint density at radius 3 is 2.94 bits per heavy atom. The average Bonchev–Trinajstić information content (AvgIpc) is 2.69. The minimum absolute atomic E-state index is 0.244. The van der Waals surface area contributed by atoms with Gasteiger partial charge in [-0.1, -0.05) is 0 Å². The zero-order valence-corrected chi connectivity index (χ0v) is 9.72. The first-order valence-electron chi connectivity index (χ1n) is 5.49. The standard InChI is InChI=1S/C10H16N4O3/c1-13-9(8(6-11-13)10(15)16)7-12-14-2-4-17-5-3-14/h6,12H,2-5,7H2,1H3,(H,15,16). The summed E-state index contributed by atoms with van der Waals surface area (Å²) in [6.45, 7) is 3.47. The first kappa shape index (κ1) is 12.0. The number of hydrazine groups is 1. The molecule has 2 rings (SSSR count). The molecule has 1 aromatic rings. The van der Waals surface area contributed by atoms with Gasteiger partial charge in [-0.3, -0.25) is 4.68 Å². The Hall–Kier alpha value is -1.44. The van der Waals surface area contributed by atoms with E-state index in [1.165, 1.54) is 6.20 Å². The average molecular weight is 240 g/mol. The highest BCUT2D eigenvalue weighted by Crippen LogP contribution is 2.07. The van der Waals surface area contributed by atoms with Gasteiger partial charge >= 0.3 is 5.97 Å². The molecule has 2 N–H and O–H groups in total. The summed E-state index contributed by atoms with van der Waals surface area (Å²) < 4.78 is 6.81. The van der Waals surface area contributed by atoms with E-state index in [1.54, 1.807) is 11.7 Å². The number of carboxylic acid groups (broad SMARTS) is 1. The number of carbonyl (C=O) groups is 1. The summed E-state index contributed by atoms with van der Waals surface area (Å²) in [7, 11) is 1.74. The van der Waals surface area contributed by atoms with Crippen molar-refractivity contribution < 1.29 is 14.6 Å². The molecule has 0 bridgehead atoms. The highest BCUT2D eigenvalue weighted by molar-refractivity contribution is 5.88. The van der Waals surface area contributed by atoms with E-state index in [0.29, 0.717) is 25.5 Å². The lowest BCUT2D eigenvalue weighted by Crippen LogP contribution is -2.45. The van der Waals surface area contributed by atoms with Crippen LogP contribution in [0.2, 0.25) is 0 Å². The van der Waals surface area contributed by atoms with E-state index in [-0.39, 0.29) is 5.56 Å². The number of nitrogens with one attached hydrogen (secondary N) is 1. The van der Waals surface area contributed by atoms with E-state index < -0.39 is 5.97 Å². The number of morpholine rings is 1. The van der Waals surface area contributed by atoms with Crippen LogP contribution in [0.5, 0.6) is 0 Å². The molecule has 2 heterocycles. The third kappa shape index (κ3) is 2.82. The fourth-order valence-electron chi connectivity index (χ4n) is 1.76. The molecule has 1 aliphatic rings. The van der Waals surface area contributed by atoms with Crippen molar-refractivity contribution >= 4 is 5.97 Å². The second-order valence-corrected chi connectivity index (χ2v) is 3.87. The summed E-state index contributed by atoms with van der Waals surface area (Å²) in [5.74, 6) is -0.947. The second kappa shape index (κ2) is 5.26. The zero-order chi connectivity index (χ0) is 12.3. The van der Waals surface area contributed by atoms with Gasteiger partial charge in [0, 0.05) is 20.1 Å². The summed E-state index contributed by atoms with van der Waals surface area (Å²) >= 11 is 0. The number of aromatic nitrogens is 2. The van der Waals surface area contributed by atoms with Crippen LogP contribution in [-0.2, 0) is 18.3 Å². The van der Waals surface area contributed by atoms with Gasteiger partial charge in [0.2, 0.25) is 0 Å². The van der Waals surface area contributed by atoms with Crippen LogP contribution >= 0.6 is 0 Å². The van der Waals surface area contributed by atoms with Crippen LogP contribution in [0.3, 0.4) is 0 Å². The molecule has 7 nitrogen and oxygen atoms in total. The van der Waals surface area contributed by atoms with Crippen molar-refractivity contribution in [3.63, 3.8) is 0 Å². The SMILES string of the molecule is Cn1ncc(C(=O)O)c1CNN1CCOCC1. The molecular weight excluding hydrogens is 224 g/mol. The van der Waals surface area contributed by atoms with Gasteiger partial charge in [-0.15, -0.1) is 0 Å². The van der Waals surface area contributed by atoms with E-state index in [4.69, 9.17) is 9.84 Å². The molecule has 0 spiro atoms. The van der Waals surface area contributed by atoms with Crippen LogP contribution in [0.1, 0.15) is 16.1 Å². The summed E-state index contributed by atoms with van der Waals surface area (Å²) in [5, 5.41) is 15.0. The topological polar surface area (TPSA) is 79.6 Å². The molecule has 0 aliphatic carbocycles. The normalized spacial score (nSPS) is 17.2. The van der Waals surface area contributed by atoms with E-state index in [1.807, 2.05) is 5.01 Å². The van der Waals surface area contributed by atoms with E-state index >= 15 is 0 Å². The number of carboxylic acids is 1. The Labute approximate surface area is 98.9 Å². The molecular formula is C10H16N4O3. The predicted molar refractivity (Wildman–Crippen MR) is 59.4 cm³/mol. The largest absolute Gasteiger partial charge is 0.478 e. The monoisotopic (exact) mass is 240 g/mol. The Morgan fingerprint density at radius 2 is 2.29 bits per heavy atom. The Bertz CT molecular complexity index is 398. The maximum Gasteiger partial charge on any atom is 0.339 e. The van der Waals surface area contributed by atoms with Crippen LogP contribution in [0, 0.1) is 0 Å². The van der Waals surface area contributed by atoms with Crippen molar-refractivity contribution in [1.82, 2.24) is 20.2 Å². The Balaban J connectivity index is 1.97. The van der Waals surface area contributed by atoms with Crippen LogP contribution in [0.15, 0.2) is 6.20 Å². The lowest BCUT2D eigenvalue weighted by molar-refractivity contribution is 0.0101. The molecule has 7 heteroatoms. The van der Waals surface area contributed by atoms with Crippen molar-refractivity contribution in [1.29, 1.82) is 0 Å². The maximum atomic E-state index is 11.0. The van der Waals surface area contributed by atoms with Gasteiger partial charge in [0.1, 0.15) is 5.56 Å². The highest BCUT2D eigenvalue weighted by Gasteiger charge is 2.16. The lowest BCUT2D eigenvalue weighted by atomic mass is 10.2. The molecule has 1 saturated heterocycles. The third-order valence-corrected chi connectivity index (χ3v) is 2.77. The Morgan fingerprint density at radius 1 is 1.59 bits per heavy atom. The first-order chi connectivity index (χ1) is 8.18. The van der Waals surface area contributed by atoms with Gasteiger partial charge < -0.3 is 9.84 Å². The van der Waals surface area contributed by atoms with Crippen molar-refractivity contribution in [2.45, 2.75) is 6.54 Å².